The van der Waals surface area contributed by atoms with Crippen LogP contribution in [0.3, 0.4) is 0 Å². The molecule has 1 aromatic carbocycles. The minimum Gasteiger partial charge on any atom is -0.491 e. The third-order valence-electron chi connectivity index (χ3n) is 3.92. The Morgan fingerprint density at radius 3 is 2.75 bits per heavy atom. The van der Waals surface area contributed by atoms with Crippen molar-refractivity contribution in [2.24, 2.45) is 0 Å². The highest BCUT2D eigenvalue weighted by molar-refractivity contribution is 5.44. The first-order valence-corrected chi connectivity index (χ1v) is 7.70. The van der Waals surface area contributed by atoms with Crippen molar-refractivity contribution in [2.45, 2.75) is 65.2 Å². The van der Waals surface area contributed by atoms with E-state index in [0.717, 1.165) is 30.9 Å². The molecule has 1 aliphatic rings. The van der Waals surface area contributed by atoms with Gasteiger partial charge >= 0.3 is 0 Å². The van der Waals surface area contributed by atoms with E-state index < -0.39 is 0 Å². The van der Waals surface area contributed by atoms with Gasteiger partial charge in [-0.15, -0.1) is 0 Å². The van der Waals surface area contributed by atoms with Crippen LogP contribution in [0.5, 0.6) is 11.5 Å². The molecule has 1 N–H and O–H groups in total. The topological polar surface area (TPSA) is 30.5 Å². The average molecular weight is 277 g/mol. The first-order chi connectivity index (χ1) is 9.47. The van der Waals surface area contributed by atoms with Gasteiger partial charge in [0.2, 0.25) is 0 Å². The number of hydrogen-bond donors (Lipinski definition) is 1. The Kier molecular flexibility index (Phi) is 4.59. The van der Waals surface area contributed by atoms with E-state index in [4.69, 9.17) is 9.47 Å². The van der Waals surface area contributed by atoms with Crippen LogP contribution in [0.1, 0.15) is 59.1 Å². The molecule has 0 amide bonds. The van der Waals surface area contributed by atoms with E-state index in [1.54, 1.807) is 0 Å². The predicted molar refractivity (Wildman–Crippen MR) is 82.6 cm³/mol. The summed E-state index contributed by atoms with van der Waals surface area (Å²) in [4.78, 5) is 0. The molecule has 0 spiro atoms. The molecule has 1 aromatic rings. The minimum absolute atomic E-state index is 0.0831. The number of hydrogen-bond acceptors (Lipinski definition) is 3. The molecule has 0 saturated heterocycles. The maximum absolute atomic E-state index is 6.21. The average Bonchev–Trinajstić information content (AvgIpc) is 2.39. The first kappa shape index (κ1) is 15.2. The van der Waals surface area contributed by atoms with Gasteiger partial charge in [0, 0.05) is 18.0 Å². The second-order valence-corrected chi connectivity index (χ2v) is 6.09. The molecule has 0 aromatic heterocycles. The van der Waals surface area contributed by atoms with Crippen LogP contribution in [-0.4, -0.2) is 18.2 Å². The molecule has 3 nitrogen and oxygen atoms in total. The molecule has 3 heteroatoms. The van der Waals surface area contributed by atoms with E-state index in [1.165, 1.54) is 5.56 Å². The molecule has 2 unspecified atom stereocenters. The van der Waals surface area contributed by atoms with Crippen molar-refractivity contribution >= 4 is 0 Å². The second kappa shape index (κ2) is 6.04. The molecule has 0 radical (unpaired) electrons. The summed E-state index contributed by atoms with van der Waals surface area (Å²) in [6, 6.07) is 6.51. The van der Waals surface area contributed by atoms with Gasteiger partial charge in [-0.05, 0) is 51.9 Å². The van der Waals surface area contributed by atoms with Gasteiger partial charge < -0.3 is 14.8 Å². The van der Waals surface area contributed by atoms with Gasteiger partial charge in [0.25, 0.3) is 0 Å². The second-order valence-electron chi connectivity index (χ2n) is 6.09. The Morgan fingerprint density at radius 2 is 2.15 bits per heavy atom. The Bertz CT molecular complexity index is 458. The molecule has 112 valence electrons. The lowest BCUT2D eigenvalue weighted by Gasteiger charge is -2.40. The summed E-state index contributed by atoms with van der Waals surface area (Å²) < 4.78 is 12.0. The Balaban J connectivity index is 2.33. The fourth-order valence-corrected chi connectivity index (χ4v) is 2.73. The van der Waals surface area contributed by atoms with Crippen molar-refractivity contribution in [3.05, 3.63) is 23.8 Å². The third kappa shape index (κ3) is 3.26. The van der Waals surface area contributed by atoms with Crippen LogP contribution in [0.25, 0.3) is 0 Å². The van der Waals surface area contributed by atoms with Crippen molar-refractivity contribution in [3.8, 4) is 11.5 Å². The van der Waals surface area contributed by atoms with Gasteiger partial charge in [0.15, 0.2) is 0 Å². The number of benzene rings is 1. The van der Waals surface area contributed by atoms with Crippen molar-refractivity contribution in [1.29, 1.82) is 0 Å². The van der Waals surface area contributed by atoms with E-state index in [9.17, 15) is 0 Å². The van der Waals surface area contributed by atoms with Crippen molar-refractivity contribution in [1.82, 2.24) is 5.32 Å². The van der Waals surface area contributed by atoms with Gasteiger partial charge in [0.1, 0.15) is 17.1 Å². The van der Waals surface area contributed by atoms with Crippen LogP contribution in [0.4, 0.5) is 0 Å². The fourth-order valence-electron chi connectivity index (χ4n) is 2.73. The summed E-state index contributed by atoms with van der Waals surface area (Å²) >= 11 is 0. The lowest BCUT2D eigenvalue weighted by molar-refractivity contribution is 0.0443. The Morgan fingerprint density at radius 1 is 1.40 bits per heavy atom. The summed E-state index contributed by atoms with van der Waals surface area (Å²) in [5, 5.41) is 3.58. The van der Waals surface area contributed by atoms with Crippen molar-refractivity contribution in [2.75, 3.05) is 6.54 Å². The Hall–Kier alpha value is -1.22. The van der Waals surface area contributed by atoms with Gasteiger partial charge in [0.05, 0.1) is 6.10 Å². The molecule has 20 heavy (non-hydrogen) atoms. The molecule has 1 aliphatic heterocycles. The van der Waals surface area contributed by atoms with Crippen LogP contribution in [-0.2, 0) is 0 Å². The fraction of sp³-hybridized carbons (Fsp3) is 0.647. The standard InChI is InChI=1S/C17H27NO2/c1-6-17(5)11-15(18-7-2)14-10-13(19-12(3)4)8-9-16(14)20-17/h8-10,12,15,18H,6-7,11H2,1-5H3. The van der Waals surface area contributed by atoms with E-state index in [0.29, 0.717) is 6.04 Å². The van der Waals surface area contributed by atoms with E-state index in [-0.39, 0.29) is 11.7 Å². The van der Waals surface area contributed by atoms with Gasteiger partial charge in [-0.25, -0.2) is 0 Å². The lowest BCUT2D eigenvalue weighted by Crippen LogP contribution is -2.41. The Labute approximate surface area is 122 Å². The zero-order valence-corrected chi connectivity index (χ0v) is 13.3. The maximum Gasteiger partial charge on any atom is 0.125 e. The number of nitrogens with one attached hydrogen (secondary N) is 1. The molecule has 0 bridgehead atoms. The summed E-state index contributed by atoms with van der Waals surface area (Å²) in [7, 11) is 0. The van der Waals surface area contributed by atoms with Gasteiger partial charge in [-0.3, -0.25) is 0 Å². The largest absolute Gasteiger partial charge is 0.491 e. The van der Waals surface area contributed by atoms with Crippen LogP contribution in [0.2, 0.25) is 0 Å². The third-order valence-corrected chi connectivity index (χ3v) is 3.92. The van der Waals surface area contributed by atoms with Crippen LogP contribution in [0, 0.1) is 0 Å². The monoisotopic (exact) mass is 277 g/mol. The predicted octanol–water partition coefficient (Wildman–Crippen LogP) is 4.08. The SMILES string of the molecule is CCNC1CC(C)(CC)Oc2ccc(OC(C)C)cc21. The highest BCUT2D eigenvalue weighted by Gasteiger charge is 2.35. The molecule has 0 fully saturated rings. The molecule has 0 saturated carbocycles. The number of ether oxygens (including phenoxy) is 2. The van der Waals surface area contributed by atoms with Gasteiger partial charge in [-0.2, -0.15) is 0 Å². The molecule has 1 heterocycles. The summed E-state index contributed by atoms with van der Waals surface area (Å²) in [6.07, 6.45) is 2.20. The summed E-state index contributed by atoms with van der Waals surface area (Å²) in [5.74, 6) is 1.91. The minimum atomic E-state index is -0.0831. The van der Waals surface area contributed by atoms with E-state index in [2.05, 4.69) is 32.2 Å². The quantitative estimate of drug-likeness (QED) is 0.880. The van der Waals surface area contributed by atoms with Crippen LogP contribution < -0.4 is 14.8 Å². The smallest absolute Gasteiger partial charge is 0.125 e. The molecular weight excluding hydrogens is 250 g/mol. The lowest BCUT2D eigenvalue weighted by atomic mass is 9.86. The molecule has 0 aliphatic carbocycles. The highest BCUT2D eigenvalue weighted by Crippen LogP contribution is 2.42. The summed E-state index contributed by atoms with van der Waals surface area (Å²) in [5.41, 5.74) is 1.14. The number of rotatable bonds is 5. The van der Waals surface area contributed by atoms with Crippen LogP contribution >= 0.6 is 0 Å². The van der Waals surface area contributed by atoms with E-state index >= 15 is 0 Å². The van der Waals surface area contributed by atoms with Crippen LogP contribution in [0.15, 0.2) is 18.2 Å². The van der Waals surface area contributed by atoms with Crippen molar-refractivity contribution in [3.63, 3.8) is 0 Å². The normalized spacial score (nSPS) is 25.2. The van der Waals surface area contributed by atoms with Gasteiger partial charge in [-0.1, -0.05) is 13.8 Å². The zero-order chi connectivity index (χ0) is 14.8. The highest BCUT2D eigenvalue weighted by atomic mass is 16.5. The number of fused-ring (bicyclic) bond motifs is 1. The van der Waals surface area contributed by atoms with Crippen molar-refractivity contribution < 1.29 is 9.47 Å². The summed E-state index contributed by atoms with van der Waals surface area (Å²) in [6.45, 7) is 11.6. The molecule has 2 atom stereocenters. The van der Waals surface area contributed by atoms with E-state index in [1.807, 2.05) is 26.0 Å². The zero-order valence-electron chi connectivity index (χ0n) is 13.3. The molecule has 2 rings (SSSR count). The first-order valence-electron chi connectivity index (χ1n) is 7.70. The molecular formula is C17H27NO2. The maximum atomic E-state index is 6.21.